The number of hydrogen-bond acceptors (Lipinski definition) is 6. The summed E-state index contributed by atoms with van der Waals surface area (Å²) in [4.78, 5) is 32.3. The predicted molar refractivity (Wildman–Crippen MR) is 125 cm³/mol. The van der Waals surface area contributed by atoms with Gasteiger partial charge in [-0.15, -0.1) is 11.8 Å². The van der Waals surface area contributed by atoms with Gasteiger partial charge in [0.25, 0.3) is 0 Å². The molecule has 0 unspecified atom stereocenters. The fraction of sp³-hybridized carbons (Fsp3) is 0.381. The SMILES string of the molecule is COC1CC(N(C)c2nc3c(cc2Cl)c(=O)c2ccc(Cl)c(SC)c2n3CC(=O)O)C1. The number of carboxylic acid groups (broad SMARTS) is 1. The summed E-state index contributed by atoms with van der Waals surface area (Å²) >= 11 is 14.3. The second-order valence-electron chi connectivity index (χ2n) is 7.54. The van der Waals surface area contributed by atoms with Gasteiger partial charge in [0.15, 0.2) is 5.43 Å². The maximum atomic E-state index is 13.3. The Hall–Kier alpha value is -2.00. The molecule has 1 aromatic carbocycles. The summed E-state index contributed by atoms with van der Waals surface area (Å²) in [5.74, 6) is -0.550. The monoisotopic (exact) mass is 481 g/mol. The zero-order chi connectivity index (χ0) is 22.4. The van der Waals surface area contributed by atoms with E-state index in [9.17, 15) is 14.7 Å². The number of aliphatic carboxylic acids is 1. The Morgan fingerprint density at radius 3 is 2.65 bits per heavy atom. The number of methoxy groups -OCH3 is 1. The van der Waals surface area contributed by atoms with Crippen molar-refractivity contribution in [2.75, 3.05) is 25.3 Å². The van der Waals surface area contributed by atoms with E-state index >= 15 is 0 Å². The number of carboxylic acids is 1. The summed E-state index contributed by atoms with van der Waals surface area (Å²) in [6.45, 7) is -0.367. The minimum absolute atomic E-state index is 0.198. The average molecular weight is 482 g/mol. The molecule has 0 aliphatic heterocycles. The number of nitrogens with zero attached hydrogens (tertiary/aromatic N) is 3. The van der Waals surface area contributed by atoms with Crippen LogP contribution in [0.3, 0.4) is 0 Å². The van der Waals surface area contributed by atoms with Gasteiger partial charge in [-0.3, -0.25) is 9.59 Å². The van der Waals surface area contributed by atoms with Crippen molar-refractivity contribution < 1.29 is 14.6 Å². The number of halogens is 2. The van der Waals surface area contributed by atoms with E-state index in [-0.39, 0.29) is 35.2 Å². The number of rotatable bonds is 6. The average Bonchev–Trinajstić information content (AvgIpc) is 2.69. The quantitative estimate of drug-likeness (QED) is 0.415. The first-order valence-electron chi connectivity index (χ1n) is 9.63. The minimum Gasteiger partial charge on any atom is -0.480 e. The second kappa shape index (κ2) is 8.50. The molecular formula is C21H21Cl2N3O4S. The fourth-order valence-corrected chi connectivity index (χ4v) is 5.39. The van der Waals surface area contributed by atoms with Crippen molar-refractivity contribution in [1.29, 1.82) is 0 Å². The molecular weight excluding hydrogens is 461 g/mol. The number of ether oxygens (including phenoxy) is 1. The Labute approximate surface area is 192 Å². The van der Waals surface area contributed by atoms with E-state index in [1.807, 2.05) is 18.2 Å². The standard InChI is InChI=1S/C21H21Cl2N3O4S/c1-25(10-6-11(7-10)30-2)21-15(23)8-13-18(29)12-4-5-14(22)19(31-3)17(12)26(9-16(27)28)20(13)24-21/h4-5,8,10-11H,6-7,9H2,1-3H3,(H,27,28). The smallest absolute Gasteiger partial charge is 0.323 e. The Bertz CT molecular complexity index is 1260. The van der Waals surface area contributed by atoms with Crippen LogP contribution in [0.25, 0.3) is 21.9 Å². The van der Waals surface area contributed by atoms with E-state index in [1.54, 1.807) is 29.9 Å². The number of aromatic nitrogens is 2. The Balaban J connectivity index is 2.02. The van der Waals surface area contributed by atoms with Crippen LogP contribution in [-0.4, -0.2) is 53.2 Å². The molecule has 0 radical (unpaired) electrons. The molecule has 164 valence electrons. The molecule has 7 nitrogen and oxygen atoms in total. The molecule has 1 saturated carbocycles. The molecule has 0 bridgehead atoms. The first-order chi connectivity index (χ1) is 14.8. The predicted octanol–water partition coefficient (Wildman–Crippen LogP) is 4.28. The van der Waals surface area contributed by atoms with E-state index in [1.165, 1.54) is 11.8 Å². The molecule has 1 aliphatic carbocycles. The highest BCUT2D eigenvalue weighted by Gasteiger charge is 2.34. The van der Waals surface area contributed by atoms with Gasteiger partial charge in [0.05, 0.1) is 31.9 Å². The van der Waals surface area contributed by atoms with Gasteiger partial charge in [0.2, 0.25) is 0 Å². The molecule has 0 amide bonds. The largest absolute Gasteiger partial charge is 0.480 e. The lowest BCUT2D eigenvalue weighted by Gasteiger charge is -2.41. The molecule has 10 heteroatoms. The molecule has 0 spiro atoms. The van der Waals surface area contributed by atoms with Gasteiger partial charge in [-0.05, 0) is 37.3 Å². The van der Waals surface area contributed by atoms with Crippen molar-refractivity contribution in [2.45, 2.75) is 36.4 Å². The van der Waals surface area contributed by atoms with Crippen LogP contribution in [0.4, 0.5) is 5.82 Å². The van der Waals surface area contributed by atoms with Gasteiger partial charge in [0.1, 0.15) is 18.0 Å². The van der Waals surface area contributed by atoms with Gasteiger partial charge in [0, 0.05) is 25.6 Å². The van der Waals surface area contributed by atoms with Crippen molar-refractivity contribution >= 4 is 68.7 Å². The highest BCUT2D eigenvalue weighted by atomic mass is 35.5. The van der Waals surface area contributed by atoms with E-state index in [2.05, 4.69) is 0 Å². The summed E-state index contributed by atoms with van der Waals surface area (Å²) in [7, 11) is 3.58. The van der Waals surface area contributed by atoms with Crippen molar-refractivity contribution in [3.63, 3.8) is 0 Å². The Kier molecular flexibility index (Phi) is 6.09. The summed E-state index contributed by atoms with van der Waals surface area (Å²) in [5.41, 5.74) is 0.475. The van der Waals surface area contributed by atoms with Crippen molar-refractivity contribution in [1.82, 2.24) is 9.55 Å². The Morgan fingerprint density at radius 1 is 1.32 bits per heavy atom. The maximum Gasteiger partial charge on any atom is 0.323 e. The van der Waals surface area contributed by atoms with E-state index in [0.29, 0.717) is 31.7 Å². The third-order valence-corrected chi connectivity index (χ3v) is 7.34. The third-order valence-electron chi connectivity index (χ3n) is 5.82. The normalized spacial score (nSPS) is 18.4. The molecule has 2 heterocycles. The van der Waals surface area contributed by atoms with Crippen LogP contribution >= 0.6 is 35.0 Å². The van der Waals surface area contributed by atoms with Crippen molar-refractivity contribution in [2.24, 2.45) is 0 Å². The van der Waals surface area contributed by atoms with Crippen LogP contribution in [0, 0.1) is 0 Å². The molecule has 1 fully saturated rings. The highest BCUT2D eigenvalue weighted by molar-refractivity contribution is 7.99. The van der Waals surface area contributed by atoms with Crippen LogP contribution < -0.4 is 10.3 Å². The van der Waals surface area contributed by atoms with Crippen molar-refractivity contribution in [3.05, 3.63) is 38.5 Å². The number of carbonyl (C=O) groups is 1. The minimum atomic E-state index is -1.05. The zero-order valence-electron chi connectivity index (χ0n) is 17.2. The molecule has 1 N–H and O–H groups in total. The van der Waals surface area contributed by atoms with E-state index in [4.69, 9.17) is 32.9 Å². The topological polar surface area (TPSA) is 84.7 Å². The number of fused-ring (bicyclic) bond motifs is 2. The molecule has 31 heavy (non-hydrogen) atoms. The summed E-state index contributed by atoms with van der Waals surface area (Å²) < 4.78 is 6.90. The number of hydrogen-bond donors (Lipinski definition) is 1. The van der Waals surface area contributed by atoms with Gasteiger partial charge in [-0.2, -0.15) is 0 Å². The highest BCUT2D eigenvalue weighted by Crippen LogP contribution is 2.37. The fourth-order valence-electron chi connectivity index (χ4n) is 4.04. The van der Waals surface area contributed by atoms with Crippen LogP contribution in [0.2, 0.25) is 10.0 Å². The van der Waals surface area contributed by atoms with Crippen LogP contribution in [-0.2, 0) is 16.1 Å². The van der Waals surface area contributed by atoms with Crippen LogP contribution in [0.15, 0.2) is 27.9 Å². The number of anilines is 1. The van der Waals surface area contributed by atoms with Gasteiger partial charge < -0.3 is 19.3 Å². The summed E-state index contributed by atoms with van der Waals surface area (Å²) in [6, 6.07) is 5.04. The molecule has 4 rings (SSSR count). The van der Waals surface area contributed by atoms with E-state index in [0.717, 1.165) is 12.8 Å². The van der Waals surface area contributed by atoms with Crippen LogP contribution in [0.5, 0.6) is 0 Å². The molecule has 3 aromatic rings. The van der Waals surface area contributed by atoms with Gasteiger partial charge in [-0.25, -0.2) is 4.98 Å². The third kappa shape index (κ3) is 3.75. The lowest BCUT2D eigenvalue weighted by Crippen LogP contribution is -2.46. The molecule has 1 aliphatic rings. The number of benzene rings is 1. The van der Waals surface area contributed by atoms with Gasteiger partial charge >= 0.3 is 5.97 Å². The number of thioether (sulfide) groups is 1. The molecule has 0 atom stereocenters. The van der Waals surface area contributed by atoms with Gasteiger partial charge in [-0.1, -0.05) is 23.2 Å². The first-order valence-corrected chi connectivity index (χ1v) is 11.6. The summed E-state index contributed by atoms with van der Waals surface area (Å²) in [5, 5.41) is 11.0. The lowest BCUT2D eigenvalue weighted by atomic mass is 9.88. The first kappa shape index (κ1) is 22.2. The van der Waals surface area contributed by atoms with Crippen LogP contribution in [0.1, 0.15) is 12.8 Å². The second-order valence-corrected chi connectivity index (χ2v) is 9.18. The Morgan fingerprint density at radius 2 is 2.03 bits per heavy atom. The van der Waals surface area contributed by atoms with Crippen molar-refractivity contribution in [3.8, 4) is 0 Å². The lowest BCUT2D eigenvalue weighted by molar-refractivity contribution is -0.137. The number of pyridine rings is 2. The summed E-state index contributed by atoms with van der Waals surface area (Å²) in [6.07, 6.45) is 3.72. The van der Waals surface area contributed by atoms with E-state index < -0.39 is 5.97 Å². The molecule has 2 aromatic heterocycles. The molecule has 0 saturated heterocycles. The maximum absolute atomic E-state index is 13.3. The zero-order valence-corrected chi connectivity index (χ0v) is 19.5.